The molecular formula is C7H12NNaO3S. The summed E-state index contributed by atoms with van der Waals surface area (Å²) in [6.07, 6.45) is 0. The fourth-order valence-electron chi connectivity index (χ4n) is 2.43. The van der Waals surface area contributed by atoms with E-state index in [0.717, 1.165) is 0 Å². The molecule has 2 rings (SSSR count). The van der Waals surface area contributed by atoms with Gasteiger partial charge in [-0.15, -0.1) is 0 Å². The van der Waals surface area contributed by atoms with Crippen LogP contribution in [0.2, 0.25) is 0 Å². The Bertz CT molecular complexity index is 314. The molecule has 1 heterocycles. The van der Waals surface area contributed by atoms with E-state index in [1.54, 1.807) is 0 Å². The molecule has 0 radical (unpaired) electrons. The summed E-state index contributed by atoms with van der Waals surface area (Å²) in [5.41, 5.74) is 0.0490. The van der Waals surface area contributed by atoms with Gasteiger partial charge in [0.2, 0.25) is 0 Å². The quantitative estimate of drug-likeness (QED) is 0.367. The first-order valence-corrected chi connectivity index (χ1v) is 5.50. The monoisotopic (exact) mass is 213 g/mol. The van der Waals surface area contributed by atoms with Crippen LogP contribution in [0.1, 0.15) is 13.8 Å². The molecule has 2 fully saturated rings. The minimum absolute atomic E-state index is 0. The third-order valence-corrected chi connectivity index (χ3v) is 4.40. The van der Waals surface area contributed by atoms with Crippen LogP contribution in [0.3, 0.4) is 0 Å². The Balaban J connectivity index is 0.000000845. The predicted molar refractivity (Wildman–Crippen MR) is 42.2 cm³/mol. The first-order valence-electron chi connectivity index (χ1n) is 4.03. The standard InChI is InChI=1S/C7H13NO3S.Na/c1-7(2)4-3-8-6(5(4)7)12(9,10)11;/h4-6,8H,3H2,1-2H3,(H,9,10,11);/q;+1/p-1/t4-,5-,6?;/m0./s1. The Morgan fingerprint density at radius 3 is 2.23 bits per heavy atom. The van der Waals surface area contributed by atoms with Crippen molar-refractivity contribution in [3.05, 3.63) is 0 Å². The zero-order chi connectivity index (χ0) is 9.15. The summed E-state index contributed by atoms with van der Waals surface area (Å²) >= 11 is 0. The van der Waals surface area contributed by atoms with Crippen LogP contribution in [0.15, 0.2) is 0 Å². The Morgan fingerprint density at radius 1 is 1.46 bits per heavy atom. The molecule has 1 unspecified atom stereocenters. The van der Waals surface area contributed by atoms with Crippen molar-refractivity contribution in [3.8, 4) is 0 Å². The summed E-state index contributed by atoms with van der Waals surface area (Å²) in [6, 6.07) is 0. The van der Waals surface area contributed by atoms with Crippen LogP contribution in [0.5, 0.6) is 0 Å². The van der Waals surface area contributed by atoms with Crippen molar-refractivity contribution in [2.45, 2.75) is 19.2 Å². The number of hydrogen-bond donors (Lipinski definition) is 1. The van der Waals surface area contributed by atoms with Gasteiger partial charge in [-0.25, -0.2) is 8.42 Å². The van der Waals surface area contributed by atoms with E-state index in [4.69, 9.17) is 0 Å². The molecule has 0 aromatic heterocycles. The molecule has 70 valence electrons. The van der Waals surface area contributed by atoms with Crippen molar-refractivity contribution in [1.29, 1.82) is 0 Å². The van der Waals surface area contributed by atoms with E-state index in [1.165, 1.54) is 0 Å². The largest absolute Gasteiger partial charge is 1.00 e. The summed E-state index contributed by atoms with van der Waals surface area (Å²) in [5, 5.41) is 1.92. The molecule has 1 aliphatic carbocycles. The van der Waals surface area contributed by atoms with E-state index in [9.17, 15) is 13.0 Å². The topological polar surface area (TPSA) is 69.2 Å². The van der Waals surface area contributed by atoms with Crippen molar-refractivity contribution in [3.63, 3.8) is 0 Å². The SMILES string of the molecule is CC1(C)[C@@H]2C(S(=O)(=O)[O-])NC[C@@H]21.[Na+]. The van der Waals surface area contributed by atoms with Gasteiger partial charge in [-0.2, -0.15) is 0 Å². The van der Waals surface area contributed by atoms with Gasteiger partial charge >= 0.3 is 29.6 Å². The van der Waals surface area contributed by atoms with E-state index in [-0.39, 0.29) is 40.9 Å². The van der Waals surface area contributed by atoms with E-state index in [0.29, 0.717) is 12.5 Å². The predicted octanol–water partition coefficient (Wildman–Crippen LogP) is -3.26. The second-order valence-corrected chi connectivity index (χ2v) is 5.77. The Kier molecular flexibility index (Phi) is 2.92. The van der Waals surface area contributed by atoms with Crippen LogP contribution < -0.4 is 34.9 Å². The van der Waals surface area contributed by atoms with Crippen molar-refractivity contribution in [2.75, 3.05) is 6.54 Å². The first kappa shape index (κ1) is 11.9. The molecule has 6 heteroatoms. The molecule has 1 N–H and O–H groups in total. The molecule has 0 aromatic carbocycles. The van der Waals surface area contributed by atoms with Gasteiger partial charge in [0.25, 0.3) is 0 Å². The van der Waals surface area contributed by atoms with Crippen molar-refractivity contribution < 1.29 is 42.5 Å². The number of fused-ring (bicyclic) bond motifs is 1. The minimum atomic E-state index is -4.14. The Labute approximate surface area is 101 Å². The molecule has 4 nitrogen and oxygen atoms in total. The molecule has 1 saturated heterocycles. The normalized spacial score (nSPS) is 40.7. The van der Waals surface area contributed by atoms with Gasteiger partial charge in [0.05, 0.1) is 0 Å². The molecule has 0 bridgehead atoms. The summed E-state index contributed by atoms with van der Waals surface area (Å²) in [7, 11) is -4.14. The van der Waals surface area contributed by atoms with E-state index < -0.39 is 15.5 Å². The summed E-state index contributed by atoms with van der Waals surface area (Å²) in [4.78, 5) is 0. The van der Waals surface area contributed by atoms with Gasteiger partial charge in [-0.1, -0.05) is 13.8 Å². The third-order valence-electron chi connectivity index (χ3n) is 3.32. The van der Waals surface area contributed by atoms with Gasteiger partial charge in [-0.05, 0) is 17.3 Å². The average Bonchev–Trinajstić information content (AvgIpc) is 2.34. The third kappa shape index (κ3) is 1.70. The second kappa shape index (κ2) is 3.18. The molecule has 1 aliphatic heterocycles. The summed E-state index contributed by atoms with van der Waals surface area (Å²) in [5.74, 6) is 0.422. The fourth-order valence-corrected chi connectivity index (χ4v) is 3.63. The summed E-state index contributed by atoms with van der Waals surface area (Å²) in [6.45, 7) is 4.70. The number of nitrogens with one attached hydrogen (secondary N) is 1. The molecule has 1 saturated carbocycles. The number of piperidine rings is 1. The van der Waals surface area contributed by atoms with Crippen LogP contribution >= 0.6 is 0 Å². The van der Waals surface area contributed by atoms with Crippen LogP contribution in [0, 0.1) is 17.3 Å². The molecule has 0 amide bonds. The summed E-state index contributed by atoms with van der Waals surface area (Å²) < 4.78 is 32.2. The zero-order valence-electron chi connectivity index (χ0n) is 8.07. The van der Waals surface area contributed by atoms with Gasteiger partial charge in [0, 0.05) is 6.54 Å². The molecule has 13 heavy (non-hydrogen) atoms. The maximum absolute atomic E-state index is 10.7. The van der Waals surface area contributed by atoms with Gasteiger partial charge < -0.3 is 9.87 Å². The van der Waals surface area contributed by atoms with Crippen LogP contribution in [-0.4, -0.2) is 24.9 Å². The minimum Gasteiger partial charge on any atom is -0.747 e. The Morgan fingerprint density at radius 2 is 2.00 bits per heavy atom. The average molecular weight is 213 g/mol. The molecular weight excluding hydrogens is 201 g/mol. The van der Waals surface area contributed by atoms with Crippen molar-refractivity contribution in [1.82, 2.24) is 5.32 Å². The van der Waals surface area contributed by atoms with E-state index in [2.05, 4.69) is 5.32 Å². The van der Waals surface area contributed by atoms with Gasteiger partial charge in [0.15, 0.2) is 0 Å². The van der Waals surface area contributed by atoms with E-state index >= 15 is 0 Å². The maximum Gasteiger partial charge on any atom is 1.00 e. The first-order chi connectivity index (χ1) is 5.35. The molecule has 0 spiro atoms. The number of rotatable bonds is 1. The Hall–Kier alpha value is 0.870. The van der Waals surface area contributed by atoms with Crippen molar-refractivity contribution >= 4 is 10.1 Å². The van der Waals surface area contributed by atoms with Gasteiger partial charge in [-0.3, -0.25) is 0 Å². The smallest absolute Gasteiger partial charge is 0.747 e. The van der Waals surface area contributed by atoms with E-state index in [1.807, 2.05) is 13.8 Å². The molecule has 0 aromatic rings. The van der Waals surface area contributed by atoms with Crippen LogP contribution in [-0.2, 0) is 10.1 Å². The maximum atomic E-state index is 10.7. The second-order valence-electron chi connectivity index (χ2n) is 4.28. The molecule has 3 atom stereocenters. The van der Waals surface area contributed by atoms with Gasteiger partial charge in [0.1, 0.15) is 15.5 Å². The number of hydrogen-bond acceptors (Lipinski definition) is 4. The van der Waals surface area contributed by atoms with Crippen LogP contribution in [0.25, 0.3) is 0 Å². The molecule has 2 aliphatic rings. The van der Waals surface area contributed by atoms with Crippen LogP contribution in [0.4, 0.5) is 0 Å². The fraction of sp³-hybridized carbons (Fsp3) is 1.00. The zero-order valence-corrected chi connectivity index (χ0v) is 10.9. The van der Waals surface area contributed by atoms with Crippen molar-refractivity contribution in [2.24, 2.45) is 17.3 Å².